The molecule has 0 atom stereocenters. The fourth-order valence-electron chi connectivity index (χ4n) is 2.30. The zero-order chi connectivity index (χ0) is 20.8. The number of hydrogen-bond acceptors (Lipinski definition) is 6. The van der Waals surface area contributed by atoms with Gasteiger partial charge in [0.25, 0.3) is 0 Å². The fraction of sp³-hybridized carbons (Fsp3) is 0.0526. The summed E-state index contributed by atoms with van der Waals surface area (Å²) >= 11 is 14.1. The summed E-state index contributed by atoms with van der Waals surface area (Å²) in [5, 5.41) is 16.0. The van der Waals surface area contributed by atoms with Crippen molar-refractivity contribution < 1.29 is 9.66 Å². The molecule has 3 rings (SSSR count). The molecule has 0 fully saturated rings. The third-order valence-corrected chi connectivity index (χ3v) is 5.28. The van der Waals surface area contributed by atoms with Crippen LogP contribution in [-0.4, -0.2) is 16.1 Å². The summed E-state index contributed by atoms with van der Waals surface area (Å²) in [5.41, 5.74) is 4.14. The number of aromatic nitrogens is 1. The summed E-state index contributed by atoms with van der Waals surface area (Å²) < 4.78 is 6.72. The first-order chi connectivity index (χ1) is 13.9. The highest BCUT2D eigenvalue weighted by Crippen LogP contribution is 2.26. The summed E-state index contributed by atoms with van der Waals surface area (Å²) in [6.45, 7) is 0.352. The Morgan fingerprint density at radius 2 is 2.03 bits per heavy atom. The molecular formula is C19H13Cl2IN4O3. The molecule has 0 saturated heterocycles. The molecule has 0 bridgehead atoms. The van der Waals surface area contributed by atoms with Crippen molar-refractivity contribution in [3.8, 4) is 5.75 Å². The van der Waals surface area contributed by atoms with Crippen LogP contribution in [0.1, 0.15) is 11.1 Å². The van der Waals surface area contributed by atoms with Crippen molar-refractivity contribution in [3.63, 3.8) is 0 Å². The molecule has 1 aromatic heterocycles. The van der Waals surface area contributed by atoms with E-state index in [1.807, 2.05) is 24.3 Å². The van der Waals surface area contributed by atoms with Gasteiger partial charge in [0.05, 0.1) is 24.8 Å². The molecule has 3 aromatic rings. The third kappa shape index (κ3) is 5.78. The summed E-state index contributed by atoms with van der Waals surface area (Å²) in [4.78, 5) is 14.4. The average Bonchev–Trinajstić information content (AvgIpc) is 2.70. The van der Waals surface area contributed by atoms with Crippen molar-refractivity contribution >= 4 is 63.5 Å². The number of hydrogen-bond donors (Lipinski definition) is 1. The molecule has 7 nitrogen and oxygen atoms in total. The first-order valence-corrected chi connectivity index (χ1v) is 10.0. The Bertz CT molecular complexity index is 1080. The Balaban J connectivity index is 1.64. The van der Waals surface area contributed by atoms with E-state index in [0.29, 0.717) is 22.4 Å². The summed E-state index contributed by atoms with van der Waals surface area (Å²) in [5.74, 6) is 0.784. The molecule has 0 aliphatic carbocycles. The van der Waals surface area contributed by atoms with Crippen LogP contribution in [0, 0.1) is 13.7 Å². The lowest BCUT2D eigenvalue weighted by molar-refractivity contribution is -0.384. The maximum atomic E-state index is 11.0. The predicted molar refractivity (Wildman–Crippen MR) is 122 cm³/mol. The SMILES string of the molecule is O=[N+]([O-])c1cccnc1N/N=C\c1ccc(OCc2ccc(Cl)c(Cl)c2)c(I)c1. The van der Waals surface area contributed by atoms with E-state index in [1.54, 1.807) is 18.3 Å². The lowest BCUT2D eigenvalue weighted by Crippen LogP contribution is -2.00. The summed E-state index contributed by atoms with van der Waals surface area (Å²) in [6.07, 6.45) is 3.00. The number of hydrazone groups is 1. The third-order valence-electron chi connectivity index (χ3n) is 3.70. The van der Waals surface area contributed by atoms with Crippen molar-refractivity contribution in [1.29, 1.82) is 0 Å². The van der Waals surface area contributed by atoms with Crippen LogP contribution < -0.4 is 10.2 Å². The van der Waals surface area contributed by atoms with Crippen LogP contribution in [-0.2, 0) is 6.61 Å². The second-order valence-electron chi connectivity index (χ2n) is 5.73. The molecule has 148 valence electrons. The molecular weight excluding hydrogens is 530 g/mol. The second kappa shape index (κ2) is 9.86. The van der Waals surface area contributed by atoms with E-state index < -0.39 is 4.92 Å². The number of ether oxygens (including phenoxy) is 1. The van der Waals surface area contributed by atoms with Gasteiger partial charge >= 0.3 is 5.69 Å². The van der Waals surface area contributed by atoms with E-state index in [1.165, 1.54) is 18.3 Å². The Labute approximate surface area is 190 Å². The normalized spacial score (nSPS) is 10.9. The predicted octanol–water partition coefficient (Wildman–Crippen LogP) is 5.93. The molecule has 1 heterocycles. The van der Waals surface area contributed by atoms with E-state index in [0.717, 1.165) is 14.7 Å². The first kappa shape index (κ1) is 21.3. The van der Waals surface area contributed by atoms with Crippen LogP contribution in [0.4, 0.5) is 11.5 Å². The Morgan fingerprint density at radius 3 is 2.76 bits per heavy atom. The summed E-state index contributed by atoms with van der Waals surface area (Å²) in [6, 6.07) is 13.7. The van der Waals surface area contributed by atoms with E-state index in [-0.39, 0.29) is 11.5 Å². The topological polar surface area (TPSA) is 89.7 Å². The molecule has 2 aromatic carbocycles. The number of rotatable bonds is 7. The summed E-state index contributed by atoms with van der Waals surface area (Å²) in [7, 11) is 0. The highest BCUT2D eigenvalue weighted by atomic mass is 127. The van der Waals surface area contributed by atoms with Crippen molar-refractivity contribution in [3.05, 3.63) is 89.6 Å². The van der Waals surface area contributed by atoms with E-state index in [4.69, 9.17) is 27.9 Å². The van der Waals surface area contributed by atoms with Crippen molar-refractivity contribution in [2.45, 2.75) is 6.61 Å². The van der Waals surface area contributed by atoms with Crippen molar-refractivity contribution in [2.24, 2.45) is 5.10 Å². The number of nitro groups is 1. The second-order valence-corrected chi connectivity index (χ2v) is 7.70. The highest BCUT2D eigenvalue weighted by Gasteiger charge is 2.13. The molecule has 0 aliphatic rings. The minimum atomic E-state index is -0.520. The van der Waals surface area contributed by atoms with Crippen LogP contribution in [0.15, 0.2) is 59.8 Å². The molecule has 0 amide bonds. The molecule has 0 aliphatic heterocycles. The molecule has 0 unspecified atom stereocenters. The fourth-order valence-corrected chi connectivity index (χ4v) is 3.32. The highest BCUT2D eigenvalue weighted by molar-refractivity contribution is 14.1. The number of pyridine rings is 1. The minimum Gasteiger partial charge on any atom is -0.488 e. The van der Waals surface area contributed by atoms with Crippen LogP contribution in [0.2, 0.25) is 10.0 Å². The van der Waals surface area contributed by atoms with Gasteiger partial charge in [-0.25, -0.2) is 4.98 Å². The lowest BCUT2D eigenvalue weighted by atomic mass is 10.2. The molecule has 10 heteroatoms. The van der Waals surface area contributed by atoms with Gasteiger partial charge in [-0.2, -0.15) is 5.10 Å². The number of halogens is 3. The van der Waals surface area contributed by atoms with E-state index in [9.17, 15) is 10.1 Å². The van der Waals surface area contributed by atoms with Crippen molar-refractivity contribution in [2.75, 3.05) is 5.43 Å². The van der Waals surface area contributed by atoms with Gasteiger partial charge in [0.2, 0.25) is 5.82 Å². The van der Waals surface area contributed by atoms with Gasteiger partial charge in [-0.05, 0) is 70.1 Å². The zero-order valence-electron chi connectivity index (χ0n) is 14.7. The number of benzene rings is 2. The minimum absolute atomic E-state index is 0.0741. The molecule has 0 spiro atoms. The van der Waals surface area contributed by atoms with Gasteiger partial charge in [0.1, 0.15) is 12.4 Å². The largest absolute Gasteiger partial charge is 0.488 e. The smallest absolute Gasteiger partial charge is 0.313 e. The quantitative estimate of drug-likeness (QED) is 0.173. The molecule has 29 heavy (non-hydrogen) atoms. The van der Waals surface area contributed by atoms with Crippen molar-refractivity contribution in [1.82, 2.24) is 4.98 Å². The van der Waals surface area contributed by atoms with Crippen LogP contribution in [0.5, 0.6) is 5.75 Å². The van der Waals surface area contributed by atoms with Gasteiger partial charge in [-0.15, -0.1) is 0 Å². The molecule has 1 N–H and O–H groups in total. The Kier molecular flexibility index (Phi) is 7.24. The standard InChI is InChI=1S/C19H13Cl2IN4O3/c20-14-5-3-13(8-15(14)21)11-29-18-6-4-12(9-16(18)22)10-24-25-19-17(26(27)28)2-1-7-23-19/h1-10H,11H2,(H,23,25)/b24-10-. The maximum Gasteiger partial charge on any atom is 0.313 e. The molecule has 0 saturated carbocycles. The first-order valence-electron chi connectivity index (χ1n) is 8.19. The van der Waals surface area contributed by atoms with Gasteiger partial charge in [-0.1, -0.05) is 29.3 Å². The van der Waals surface area contributed by atoms with Crippen LogP contribution in [0.3, 0.4) is 0 Å². The maximum absolute atomic E-state index is 11.0. The number of nitrogens with zero attached hydrogens (tertiary/aromatic N) is 3. The molecule has 0 radical (unpaired) electrons. The van der Waals surface area contributed by atoms with E-state index >= 15 is 0 Å². The van der Waals surface area contributed by atoms with Crippen LogP contribution >= 0.6 is 45.8 Å². The number of anilines is 1. The van der Waals surface area contributed by atoms with Gasteiger partial charge in [0.15, 0.2) is 0 Å². The monoisotopic (exact) mass is 542 g/mol. The Hall–Kier alpha value is -2.43. The average molecular weight is 543 g/mol. The number of nitrogens with one attached hydrogen (secondary N) is 1. The van der Waals surface area contributed by atoms with Gasteiger partial charge < -0.3 is 4.74 Å². The zero-order valence-corrected chi connectivity index (χ0v) is 18.4. The lowest BCUT2D eigenvalue weighted by Gasteiger charge is -2.09. The van der Waals surface area contributed by atoms with Gasteiger partial charge in [-0.3, -0.25) is 15.5 Å². The Morgan fingerprint density at radius 1 is 1.21 bits per heavy atom. The van der Waals surface area contributed by atoms with Gasteiger partial charge in [0, 0.05) is 12.3 Å². The van der Waals surface area contributed by atoms with Crippen LogP contribution in [0.25, 0.3) is 0 Å². The van der Waals surface area contributed by atoms with E-state index in [2.05, 4.69) is 38.1 Å².